The van der Waals surface area contributed by atoms with Crippen molar-refractivity contribution in [2.75, 3.05) is 33.3 Å². The van der Waals surface area contributed by atoms with Crippen LogP contribution in [0.4, 0.5) is 0 Å². The first-order valence-electron chi connectivity index (χ1n) is 11.3. The van der Waals surface area contributed by atoms with Crippen LogP contribution in [0.3, 0.4) is 0 Å². The van der Waals surface area contributed by atoms with E-state index in [2.05, 4.69) is 18.7 Å². The van der Waals surface area contributed by atoms with Gasteiger partial charge in [-0.15, -0.1) is 0 Å². The number of phenols is 1. The standard InChI is InChI=1S/C26H32N2O5/c1-5-27(6-2)14-7-15-28-23(18-9-11-19(33-4)12-10-18)22(25(31)26(28)32)24(30)20-16-17(3)8-13-21(20)29/h8-13,16,23,29-30H,5-7,14-15H2,1-4H3/t23-/m1/s1. The summed E-state index contributed by atoms with van der Waals surface area (Å²) in [5.74, 6) is -1.28. The molecule has 2 N–H and O–H groups in total. The van der Waals surface area contributed by atoms with Crippen molar-refractivity contribution >= 4 is 17.4 Å². The number of phenolic OH excluding ortho intramolecular Hbond substituents is 1. The molecule has 1 amide bonds. The van der Waals surface area contributed by atoms with E-state index in [-0.39, 0.29) is 22.6 Å². The van der Waals surface area contributed by atoms with Crippen molar-refractivity contribution < 1.29 is 24.5 Å². The van der Waals surface area contributed by atoms with Crippen LogP contribution in [0.25, 0.3) is 5.76 Å². The number of ketones is 1. The average molecular weight is 453 g/mol. The number of rotatable bonds is 9. The fraction of sp³-hybridized carbons (Fsp3) is 0.385. The number of Topliss-reactive ketones (excluding diaryl/α,β-unsaturated/α-hetero) is 1. The average Bonchev–Trinajstić information content (AvgIpc) is 3.08. The van der Waals surface area contributed by atoms with E-state index in [0.29, 0.717) is 24.3 Å². The Labute approximate surface area is 194 Å². The molecule has 0 spiro atoms. The summed E-state index contributed by atoms with van der Waals surface area (Å²) >= 11 is 0. The van der Waals surface area contributed by atoms with Gasteiger partial charge in [0.05, 0.1) is 24.3 Å². The first-order valence-corrected chi connectivity index (χ1v) is 11.3. The molecule has 0 aromatic heterocycles. The number of aromatic hydroxyl groups is 1. The maximum Gasteiger partial charge on any atom is 0.295 e. The van der Waals surface area contributed by atoms with E-state index in [0.717, 1.165) is 25.2 Å². The zero-order valence-electron chi connectivity index (χ0n) is 19.7. The van der Waals surface area contributed by atoms with Gasteiger partial charge in [-0.05, 0) is 62.8 Å². The number of likely N-dealkylation sites (tertiary alicyclic amines) is 1. The summed E-state index contributed by atoms with van der Waals surface area (Å²) in [6.45, 7) is 8.97. The third-order valence-electron chi connectivity index (χ3n) is 6.15. The molecular weight excluding hydrogens is 420 g/mol. The summed E-state index contributed by atoms with van der Waals surface area (Å²) in [5, 5.41) is 21.5. The summed E-state index contributed by atoms with van der Waals surface area (Å²) in [4.78, 5) is 29.9. The van der Waals surface area contributed by atoms with Crippen molar-refractivity contribution in [3.05, 3.63) is 64.7 Å². The van der Waals surface area contributed by atoms with Gasteiger partial charge in [0.1, 0.15) is 17.3 Å². The van der Waals surface area contributed by atoms with Crippen molar-refractivity contribution in [3.8, 4) is 11.5 Å². The van der Waals surface area contributed by atoms with E-state index < -0.39 is 17.7 Å². The molecule has 1 aliphatic heterocycles. The highest BCUT2D eigenvalue weighted by Gasteiger charge is 2.46. The van der Waals surface area contributed by atoms with E-state index >= 15 is 0 Å². The lowest BCUT2D eigenvalue weighted by molar-refractivity contribution is -0.140. The molecule has 0 saturated carbocycles. The molecule has 7 heteroatoms. The van der Waals surface area contributed by atoms with Gasteiger partial charge < -0.3 is 24.7 Å². The lowest BCUT2D eigenvalue weighted by Crippen LogP contribution is -2.33. The normalized spacial score (nSPS) is 17.7. The van der Waals surface area contributed by atoms with Crippen LogP contribution in [0, 0.1) is 6.92 Å². The van der Waals surface area contributed by atoms with Gasteiger partial charge in [-0.2, -0.15) is 0 Å². The third kappa shape index (κ3) is 5.03. The Morgan fingerprint density at radius 1 is 1.09 bits per heavy atom. The number of hydrogen-bond acceptors (Lipinski definition) is 6. The Morgan fingerprint density at radius 3 is 2.36 bits per heavy atom. The minimum Gasteiger partial charge on any atom is -0.507 e. The van der Waals surface area contributed by atoms with Crippen molar-refractivity contribution in [1.82, 2.24) is 9.80 Å². The third-order valence-corrected chi connectivity index (χ3v) is 6.15. The van der Waals surface area contributed by atoms with Crippen molar-refractivity contribution in [2.45, 2.75) is 33.2 Å². The quantitative estimate of drug-likeness (QED) is 0.341. The first kappa shape index (κ1) is 24.3. The van der Waals surface area contributed by atoms with Gasteiger partial charge >= 0.3 is 0 Å². The molecular formula is C26H32N2O5. The number of carbonyl (C=O) groups is 2. The lowest BCUT2D eigenvalue weighted by Gasteiger charge is -2.27. The molecule has 3 rings (SSSR count). The molecule has 1 fully saturated rings. The highest BCUT2D eigenvalue weighted by molar-refractivity contribution is 6.46. The van der Waals surface area contributed by atoms with Crippen LogP contribution in [-0.4, -0.2) is 65.0 Å². The molecule has 2 aromatic rings. The van der Waals surface area contributed by atoms with Gasteiger partial charge in [0.15, 0.2) is 0 Å². The van der Waals surface area contributed by atoms with Gasteiger partial charge in [-0.1, -0.05) is 37.6 Å². The second-order valence-electron chi connectivity index (χ2n) is 8.17. The predicted octanol–water partition coefficient (Wildman–Crippen LogP) is 3.86. The minimum atomic E-state index is -0.757. The van der Waals surface area contributed by atoms with Crippen LogP contribution < -0.4 is 4.74 Å². The number of nitrogens with zero attached hydrogens (tertiary/aromatic N) is 2. The molecule has 0 aliphatic carbocycles. The zero-order chi connectivity index (χ0) is 24.1. The highest BCUT2D eigenvalue weighted by atomic mass is 16.5. The Hall–Kier alpha value is -3.32. The van der Waals surface area contributed by atoms with Gasteiger partial charge in [0, 0.05) is 6.54 Å². The van der Waals surface area contributed by atoms with E-state index in [1.54, 1.807) is 43.5 Å². The van der Waals surface area contributed by atoms with Gasteiger partial charge in [0.25, 0.3) is 11.7 Å². The second-order valence-corrected chi connectivity index (χ2v) is 8.17. The molecule has 1 aliphatic rings. The maximum absolute atomic E-state index is 13.1. The molecule has 1 saturated heterocycles. The topological polar surface area (TPSA) is 90.3 Å². The lowest BCUT2D eigenvalue weighted by atomic mass is 9.94. The Balaban J connectivity index is 2.07. The molecule has 0 radical (unpaired) electrons. The highest BCUT2D eigenvalue weighted by Crippen LogP contribution is 2.41. The number of hydrogen-bond donors (Lipinski definition) is 2. The Bertz CT molecular complexity index is 1040. The summed E-state index contributed by atoms with van der Waals surface area (Å²) in [5.41, 5.74) is 1.61. The largest absolute Gasteiger partial charge is 0.507 e. The molecule has 176 valence electrons. The minimum absolute atomic E-state index is 0.0195. The van der Waals surface area contributed by atoms with E-state index in [1.165, 1.54) is 11.0 Å². The van der Waals surface area contributed by atoms with Crippen molar-refractivity contribution in [2.24, 2.45) is 0 Å². The molecule has 7 nitrogen and oxygen atoms in total. The number of amides is 1. The summed E-state index contributed by atoms with van der Waals surface area (Å²) < 4.78 is 5.24. The number of ether oxygens (including phenoxy) is 1. The number of carbonyl (C=O) groups excluding carboxylic acids is 2. The van der Waals surface area contributed by atoms with Crippen LogP contribution in [0.15, 0.2) is 48.0 Å². The molecule has 1 heterocycles. The van der Waals surface area contributed by atoms with Gasteiger partial charge in [-0.3, -0.25) is 9.59 Å². The van der Waals surface area contributed by atoms with Crippen LogP contribution in [0.2, 0.25) is 0 Å². The smallest absolute Gasteiger partial charge is 0.295 e. The SMILES string of the molecule is CCN(CC)CCCN1C(=O)C(=O)C(=C(O)c2cc(C)ccc2O)[C@H]1c1ccc(OC)cc1. The van der Waals surface area contributed by atoms with Crippen molar-refractivity contribution in [3.63, 3.8) is 0 Å². The van der Waals surface area contributed by atoms with Crippen LogP contribution >= 0.6 is 0 Å². The number of aliphatic hydroxyl groups is 1. The number of methoxy groups -OCH3 is 1. The second kappa shape index (κ2) is 10.5. The molecule has 33 heavy (non-hydrogen) atoms. The van der Waals surface area contributed by atoms with Crippen LogP contribution in [0.5, 0.6) is 11.5 Å². The fourth-order valence-corrected chi connectivity index (χ4v) is 4.23. The van der Waals surface area contributed by atoms with Gasteiger partial charge in [0.2, 0.25) is 0 Å². The number of aliphatic hydroxyl groups excluding tert-OH is 1. The molecule has 0 unspecified atom stereocenters. The first-order chi connectivity index (χ1) is 15.8. The number of benzene rings is 2. The Kier molecular flexibility index (Phi) is 7.76. The van der Waals surface area contributed by atoms with E-state index in [1.807, 2.05) is 6.92 Å². The van der Waals surface area contributed by atoms with Crippen LogP contribution in [0.1, 0.15) is 43.0 Å². The zero-order valence-corrected chi connectivity index (χ0v) is 19.7. The van der Waals surface area contributed by atoms with Crippen LogP contribution in [-0.2, 0) is 9.59 Å². The predicted molar refractivity (Wildman–Crippen MR) is 127 cm³/mol. The Morgan fingerprint density at radius 2 is 1.76 bits per heavy atom. The molecule has 2 aromatic carbocycles. The number of aryl methyl sites for hydroxylation is 1. The summed E-state index contributed by atoms with van der Waals surface area (Å²) in [7, 11) is 1.56. The van der Waals surface area contributed by atoms with Gasteiger partial charge in [-0.25, -0.2) is 0 Å². The monoisotopic (exact) mass is 452 g/mol. The van der Waals surface area contributed by atoms with Crippen molar-refractivity contribution in [1.29, 1.82) is 0 Å². The summed E-state index contributed by atoms with van der Waals surface area (Å²) in [6, 6.07) is 11.1. The van der Waals surface area contributed by atoms with E-state index in [9.17, 15) is 19.8 Å². The molecule has 0 bridgehead atoms. The molecule has 1 atom stereocenters. The van der Waals surface area contributed by atoms with E-state index in [4.69, 9.17) is 4.74 Å². The summed E-state index contributed by atoms with van der Waals surface area (Å²) in [6.07, 6.45) is 0.692. The fourth-order valence-electron chi connectivity index (χ4n) is 4.23. The maximum atomic E-state index is 13.1.